The Balaban J connectivity index is 1.46. The Hall–Kier alpha value is -4.55. The number of carboxylic acids is 1. The molecule has 1 aliphatic rings. The zero-order valence-corrected chi connectivity index (χ0v) is 20.8. The Morgan fingerprint density at radius 1 is 1.26 bits per heavy atom. The number of phenols is 1. The molecule has 0 spiro atoms. The molecule has 38 heavy (non-hydrogen) atoms. The van der Waals surface area contributed by atoms with E-state index in [2.05, 4.69) is 34.9 Å². The molecule has 4 heterocycles. The van der Waals surface area contributed by atoms with E-state index in [0.29, 0.717) is 37.1 Å². The molecule has 3 aromatic heterocycles. The minimum absolute atomic E-state index is 0.0972. The molecule has 0 unspecified atom stereocenters. The number of carboxylic acid groups (broad SMARTS) is 1. The highest BCUT2D eigenvalue weighted by molar-refractivity contribution is 7.89. The van der Waals surface area contributed by atoms with Crippen molar-refractivity contribution in [2.24, 2.45) is 16.1 Å². The number of aromatic hydroxyl groups is 1. The summed E-state index contributed by atoms with van der Waals surface area (Å²) in [5.41, 5.74) is 1.98. The Bertz CT molecular complexity index is 1700. The van der Waals surface area contributed by atoms with Gasteiger partial charge in [0.15, 0.2) is 5.75 Å². The number of aromatic amines is 1. The molecule has 0 bridgehead atoms. The minimum atomic E-state index is -3.62. The molecule has 1 aliphatic heterocycles. The molecule has 4 N–H and O–H groups in total. The first-order valence-corrected chi connectivity index (χ1v) is 13.3. The third-order valence-corrected chi connectivity index (χ3v) is 7.46. The van der Waals surface area contributed by atoms with Crippen molar-refractivity contribution in [3.63, 3.8) is 0 Å². The number of hydrogen-bond acceptors (Lipinski definition) is 10. The lowest BCUT2D eigenvalue weighted by atomic mass is 9.98. The number of benzene rings is 1. The molecule has 196 valence electrons. The van der Waals surface area contributed by atoms with Crippen LogP contribution in [0.2, 0.25) is 0 Å². The maximum atomic E-state index is 11.8. The fourth-order valence-electron chi connectivity index (χ4n) is 4.44. The van der Waals surface area contributed by atoms with Gasteiger partial charge in [0.05, 0.1) is 18.0 Å². The predicted molar refractivity (Wildman–Crippen MR) is 137 cm³/mol. The summed E-state index contributed by atoms with van der Waals surface area (Å²) >= 11 is 0. The number of carbonyl (C=O) groups is 1. The average Bonchev–Trinajstić information content (AvgIpc) is 3.51. The van der Waals surface area contributed by atoms with E-state index in [-0.39, 0.29) is 35.4 Å². The number of piperidine rings is 1. The van der Waals surface area contributed by atoms with Crippen molar-refractivity contribution in [1.29, 1.82) is 5.26 Å². The van der Waals surface area contributed by atoms with Crippen molar-refractivity contribution in [2.45, 2.75) is 12.8 Å². The Labute approximate surface area is 216 Å². The van der Waals surface area contributed by atoms with Crippen LogP contribution in [-0.2, 0) is 10.0 Å². The maximum Gasteiger partial charge on any atom is 0.339 e. The van der Waals surface area contributed by atoms with Gasteiger partial charge in [0.1, 0.15) is 28.0 Å². The van der Waals surface area contributed by atoms with Gasteiger partial charge < -0.3 is 20.2 Å². The van der Waals surface area contributed by atoms with E-state index in [1.165, 1.54) is 18.2 Å². The Morgan fingerprint density at radius 3 is 2.79 bits per heavy atom. The number of aromatic carboxylic acids is 1. The van der Waals surface area contributed by atoms with Crippen LogP contribution >= 0.6 is 0 Å². The summed E-state index contributed by atoms with van der Waals surface area (Å²) in [7, 11) is -3.62. The summed E-state index contributed by atoms with van der Waals surface area (Å²) in [4.78, 5) is 23.5. The third-order valence-electron chi connectivity index (χ3n) is 6.35. The normalized spacial score (nSPS) is 15.0. The first-order valence-electron chi connectivity index (χ1n) is 11.7. The van der Waals surface area contributed by atoms with Gasteiger partial charge in [-0.1, -0.05) is 0 Å². The lowest BCUT2D eigenvalue weighted by Gasteiger charge is -2.34. The van der Waals surface area contributed by atoms with Gasteiger partial charge in [-0.25, -0.2) is 32.6 Å². The van der Waals surface area contributed by atoms with Gasteiger partial charge in [0.2, 0.25) is 10.0 Å². The van der Waals surface area contributed by atoms with E-state index in [1.807, 2.05) is 10.7 Å². The smallest absolute Gasteiger partial charge is 0.339 e. The number of sulfonamides is 1. The molecule has 1 fully saturated rings. The van der Waals surface area contributed by atoms with Gasteiger partial charge in [0.25, 0.3) is 5.95 Å². The van der Waals surface area contributed by atoms with Gasteiger partial charge >= 0.3 is 5.97 Å². The fourth-order valence-corrected chi connectivity index (χ4v) is 5.20. The number of nitrogens with one attached hydrogen (secondary N) is 2. The van der Waals surface area contributed by atoms with Crippen LogP contribution in [0.3, 0.4) is 0 Å². The van der Waals surface area contributed by atoms with Crippen LogP contribution in [0.25, 0.3) is 22.1 Å². The van der Waals surface area contributed by atoms with Crippen molar-refractivity contribution in [1.82, 2.24) is 24.4 Å². The Kier molecular flexibility index (Phi) is 6.66. The van der Waals surface area contributed by atoms with Crippen LogP contribution in [0, 0.1) is 17.2 Å². The molecular formula is C23H23N9O5S. The van der Waals surface area contributed by atoms with Crippen molar-refractivity contribution in [3.8, 4) is 11.8 Å². The van der Waals surface area contributed by atoms with E-state index in [9.17, 15) is 23.4 Å². The predicted octanol–water partition coefficient (Wildman–Crippen LogP) is 2.52. The Morgan fingerprint density at radius 2 is 2.05 bits per heavy atom. The van der Waals surface area contributed by atoms with Crippen molar-refractivity contribution in [2.75, 3.05) is 30.4 Å². The lowest BCUT2D eigenvalue weighted by Crippen LogP contribution is -2.44. The van der Waals surface area contributed by atoms with Gasteiger partial charge in [-0.15, -0.1) is 10.2 Å². The van der Waals surface area contributed by atoms with Gasteiger partial charge in [-0.2, -0.15) is 5.26 Å². The molecule has 5 rings (SSSR count). The average molecular weight is 538 g/mol. The number of pyridine rings is 1. The second-order valence-electron chi connectivity index (χ2n) is 8.82. The van der Waals surface area contributed by atoms with Crippen LogP contribution in [0.5, 0.6) is 5.75 Å². The van der Waals surface area contributed by atoms with E-state index >= 15 is 0 Å². The number of nitriles is 1. The number of azo groups is 1. The number of H-pyrrole nitrogens is 1. The van der Waals surface area contributed by atoms with Crippen LogP contribution in [0.4, 0.5) is 11.6 Å². The van der Waals surface area contributed by atoms with Crippen molar-refractivity contribution < 1.29 is 23.4 Å². The molecular weight excluding hydrogens is 514 g/mol. The third kappa shape index (κ3) is 4.99. The summed E-state index contributed by atoms with van der Waals surface area (Å²) in [6.07, 6.45) is 4.78. The molecule has 0 saturated carbocycles. The largest absolute Gasteiger partial charge is 0.507 e. The topological polar surface area (TPSA) is 202 Å². The summed E-state index contributed by atoms with van der Waals surface area (Å²) in [5.74, 6) is -1.88. The number of rotatable bonds is 8. The molecule has 1 aromatic carbocycles. The second-order valence-corrected chi connectivity index (χ2v) is 10.6. The molecule has 1 saturated heterocycles. The number of aromatic nitrogens is 4. The van der Waals surface area contributed by atoms with Crippen LogP contribution in [-0.4, -0.2) is 69.6 Å². The van der Waals surface area contributed by atoms with Crippen molar-refractivity contribution >= 4 is 49.7 Å². The highest BCUT2D eigenvalue weighted by Crippen LogP contribution is 2.31. The molecule has 0 atom stereocenters. The summed E-state index contributed by atoms with van der Waals surface area (Å²) < 4.78 is 28.0. The fraction of sp³-hybridized carbons (Fsp3) is 0.304. The zero-order chi connectivity index (χ0) is 26.9. The van der Waals surface area contributed by atoms with Crippen LogP contribution < -0.4 is 9.73 Å². The SMILES string of the molecule is N#CCS(=O)(=O)NCC1CCN(n2c(/N=N/c3ccc(O)c(C(=O)O)c3)nc3cnc4[nH]ccc4c32)CC1. The number of fused-ring (bicyclic) bond motifs is 3. The van der Waals surface area contributed by atoms with Gasteiger partial charge in [-0.05, 0) is 43.0 Å². The number of imidazole rings is 1. The van der Waals surface area contributed by atoms with E-state index < -0.39 is 21.7 Å². The minimum Gasteiger partial charge on any atom is -0.507 e. The first-order chi connectivity index (χ1) is 18.3. The quantitative estimate of drug-likeness (QED) is 0.244. The highest BCUT2D eigenvalue weighted by atomic mass is 32.2. The van der Waals surface area contributed by atoms with Crippen LogP contribution in [0.1, 0.15) is 23.2 Å². The molecule has 4 aromatic rings. The summed E-state index contributed by atoms with van der Waals surface area (Å²) in [5, 5.41) is 39.1. The van der Waals surface area contributed by atoms with Crippen molar-refractivity contribution in [3.05, 3.63) is 42.2 Å². The molecule has 15 heteroatoms. The first kappa shape index (κ1) is 25.1. The zero-order valence-electron chi connectivity index (χ0n) is 19.9. The molecule has 14 nitrogen and oxygen atoms in total. The second kappa shape index (κ2) is 10.1. The highest BCUT2D eigenvalue weighted by Gasteiger charge is 2.26. The number of nitrogens with zero attached hydrogens (tertiary/aromatic N) is 7. The van der Waals surface area contributed by atoms with E-state index in [4.69, 9.17) is 5.26 Å². The molecule has 0 aliphatic carbocycles. The standard InChI is InChI=1S/C23H23N9O5S/c24-6-10-38(36,37)27-12-14-4-8-31(9-5-14)32-20-16-3-7-25-21(16)26-13-18(20)28-23(32)30-29-15-1-2-19(33)17(11-15)22(34)35/h1-3,7,11,13-14,27,33H,4-5,8-10,12H2,(H,25,26)(H,34,35)/b30-29+. The molecule has 0 amide bonds. The lowest BCUT2D eigenvalue weighted by molar-refractivity contribution is 0.0693. The molecule has 0 radical (unpaired) electrons. The van der Waals surface area contributed by atoms with Gasteiger partial charge in [-0.3, -0.25) is 0 Å². The van der Waals surface area contributed by atoms with E-state index in [1.54, 1.807) is 18.5 Å². The summed E-state index contributed by atoms with van der Waals surface area (Å²) in [6, 6.07) is 7.45. The van der Waals surface area contributed by atoms with E-state index in [0.717, 1.165) is 10.9 Å². The van der Waals surface area contributed by atoms with Gasteiger partial charge in [0, 0.05) is 31.2 Å². The van der Waals surface area contributed by atoms with Crippen LogP contribution in [0.15, 0.2) is 46.9 Å². The summed E-state index contributed by atoms with van der Waals surface area (Å²) in [6.45, 7) is 1.41. The maximum absolute atomic E-state index is 11.8. The monoisotopic (exact) mass is 537 g/mol. The number of hydrogen-bond donors (Lipinski definition) is 4.